The number of nitrogens with zero attached hydrogens (tertiary/aromatic N) is 1. The van der Waals surface area contributed by atoms with Crippen molar-refractivity contribution in [3.63, 3.8) is 0 Å². The number of anilines is 1. The van der Waals surface area contributed by atoms with E-state index in [4.69, 9.17) is 14.2 Å². The van der Waals surface area contributed by atoms with E-state index in [1.54, 1.807) is 7.11 Å². The van der Waals surface area contributed by atoms with Crippen LogP contribution in [-0.2, 0) is 19.4 Å². The Kier molecular flexibility index (Phi) is 9.26. The third kappa shape index (κ3) is 7.08. The topological polar surface area (TPSA) is 43.0 Å². The highest BCUT2D eigenvalue weighted by molar-refractivity contribution is 5.55. The third-order valence-electron chi connectivity index (χ3n) is 8.62. The Morgan fingerprint density at radius 2 is 1.57 bits per heavy atom. The highest BCUT2D eigenvalue weighted by atomic mass is 16.5. The maximum Gasteiger partial charge on any atom is 0.120 e. The van der Waals surface area contributed by atoms with E-state index in [0.717, 1.165) is 56.2 Å². The Morgan fingerprint density at radius 1 is 0.786 bits per heavy atom. The summed E-state index contributed by atoms with van der Waals surface area (Å²) in [6.45, 7) is 3.42. The molecular weight excluding hydrogens is 520 g/mol. The second kappa shape index (κ2) is 13.8. The largest absolute Gasteiger partial charge is 0.497 e. The molecular formula is C37H42N2O3. The van der Waals surface area contributed by atoms with E-state index in [1.807, 2.05) is 6.07 Å². The number of piperidine rings is 1. The fourth-order valence-electron chi connectivity index (χ4n) is 6.26. The van der Waals surface area contributed by atoms with Crippen LogP contribution in [0.4, 0.5) is 5.69 Å². The van der Waals surface area contributed by atoms with Crippen molar-refractivity contribution in [3.05, 3.63) is 119 Å². The van der Waals surface area contributed by atoms with Crippen molar-refractivity contribution < 1.29 is 14.2 Å². The van der Waals surface area contributed by atoms with Crippen LogP contribution >= 0.6 is 0 Å². The monoisotopic (exact) mass is 562 g/mol. The van der Waals surface area contributed by atoms with E-state index in [9.17, 15) is 0 Å². The molecule has 218 valence electrons. The van der Waals surface area contributed by atoms with Gasteiger partial charge in [0.2, 0.25) is 0 Å². The first-order valence-electron chi connectivity index (χ1n) is 15.4. The summed E-state index contributed by atoms with van der Waals surface area (Å²) in [5.41, 5.74) is 6.43. The van der Waals surface area contributed by atoms with Gasteiger partial charge in [-0.2, -0.15) is 0 Å². The maximum absolute atomic E-state index is 6.19. The Bertz CT molecular complexity index is 1400. The predicted molar refractivity (Wildman–Crippen MR) is 170 cm³/mol. The zero-order valence-electron chi connectivity index (χ0n) is 24.6. The first-order chi connectivity index (χ1) is 20.7. The molecule has 0 radical (unpaired) electrons. The Balaban J connectivity index is 1.17. The number of hydrogen-bond acceptors (Lipinski definition) is 5. The van der Waals surface area contributed by atoms with E-state index in [0.29, 0.717) is 12.6 Å². The lowest BCUT2D eigenvalue weighted by Crippen LogP contribution is -2.36. The van der Waals surface area contributed by atoms with Gasteiger partial charge >= 0.3 is 0 Å². The molecule has 5 heteroatoms. The quantitative estimate of drug-likeness (QED) is 0.205. The molecule has 0 saturated carbocycles. The molecule has 4 aromatic rings. The summed E-state index contributed by atoms with van der Waals surface area (Å²) in [6.07, 6.45) is 6.83. The molecule has 2 aliphatic rings. The Hall–Kier alpha value is -3.96. The molecule has 0 bridgehead atoms. The average molecular weight is 563 g/mol. The van der Waals surface area contributed by atoms with Gasteiger partial charge in [-0.3, -0.25) is 0 Å². The summed E-state index contributed by atoms with van der Waals surface area (Å²) in [4.78, 5) is 2.54. The Labute approximate surface area is 250 Å². The first kappa shape index (κ1) is 28.2. The van der Waals surface area contributed by atoms with E-state index in [2.05, 4.69) is 101 Å². The van der Waals surface area contributed by atoms with Gasteiger partial charge < -0.3 is 24.4 Å². The summed E-state index contributed by atoms with van der Waals surface area (Å²) in [6, 6.07) is 35.0. The van der Waals surface area contributed by atoms with Crippen LogP contribution in [0, 0.1) is 0 Å². The molecule has 2 aliphatic heterocycles. The molecule has 2 unspecified atom stereocenters. The minimum atomic E-state index is 0.217. The standard InChI is InChI=1S/C37H42N2O3/c1-40-33-16-12-32(13-17-33)39-23-20-30-26-35(42-27-29-7-3-2-4-8-29)18-19-36(30)37(39)25-28-10-14-34(15-11-28)41-24-21-31-9-5-6-22-38-31/h2-4,7-8,10-19,26,31,37-38H,5-6,9,20-25,27H2,1H3. The van der Waals surface area contributed by atoms with Crippen molar-refractivity contribution >= 4 is 5.69 Å². The molecule has 1 N–H and O–H groups in total. The molecule has 2 atom stereocenters. The highest BCUT2D eigenvalue weighted by Gasteiger charge is 2.28. The number of fused-ring (bicyclic) bond motifs is 1. The zero-order chi connectivity index (χ0) is 28.6. The van der Waals surface area contributed by atoms with Crippen LogP contribution in [0.5, 0.6) is 17.2 Å². The van der Waals surface area contributed by atoms with Gasteiger partial charge in [-0.25, -0.2) is 0 Å². The lowest BCUT2D eigenvalue weighted by molar-refractivity contribution is 0.268. The second-order valence-corrected chi connectivity index (χ2v) is 11.4. The van der Waals surface area contributed by atoms with Crippen molar-refractivity contribution in [1.29, 1.82) is 0 Å². The van der Waals surface area contributed by atoms with Crippen LogP contribution in [0.1, 0.15) is 54.0 Å². The van der Waals surface area contributed by atoms with Crippen molar-refractivity contribution in [2.24, 2.45) is 0 Å². The summed E-state index contributed by atoms with van der Waals surface area (Å²) in [7, 11) is 1.71. The van der Waals surface area contributed by atoms with Gasteiger partial charge in [-0.05, 0) is 109 Å². The maximum atomic E-state index is 6.19. The van der Waals surface area contributed by atoms with Crippen molar-refractivity contribution in [1.82, 2.24) is 5.32 Å². The lowest BCUT2D eigenvalue weighted by atomic mass is 9.88. The summed E-state index contributed by atoms with van der Waals surface area (Å²) < 4.78 is 17.7. The van der Waals surface area contributed by atoms with Crippen molar-refractivity contribution in [2.75, 3.05) is 31.7 Å². The number of ether oxygens (including phenoxy) is 3. The normalized spacial score (nSPS) is 18.3. The van der Waals surface area contributed by atoms with Crippen LogP contribution in [0.2, 0.25) is 0 Å². The van der Waals surface area contributed by atoms with Gasteiger partial charge in [-0.15, -0.1) is 0 Å². The van der Waals surface area contributed by atoms with Gasteiger partial charge in [-0.1, -0.05) is 55.0 Å². The molecule has 4 aromatic carbocycles. The van der Waals surface area contributed by atoms with Crippen molar-refractivity contribution in [3.8, 4) is 17.2 Å². The molecule has 0 aliphatic carbocycles. The molecule has 0 aromatic heterocycles. The van der Waals surface area contributed by atoms with Gasteiger partial charge in [0.25, 0.3) is 0 Å². The van der Waals surface area contributed by atoms with Crippen LogP contribution in [0.3, 0.4) is 0 Å². The Morgan fingerprint density at radius 3 is 2.33 bits per heavy atom. The molecule has 6 rings (SSSR count). The third-order valence-corrected chi connectivity index (χ3v) is 8.62. The van der Waals surface area contributed by atoms with Crippen LogP contribution < -0.4 is 24.4 Å². The summed E-state index contributed by atoms with van der Waals surface area (Å²) in [5.74, 6) is 2.76. The van der Waals surface area contributed by atoms with Crippen LogP contribution in [0.25, 0.3) is 0 Å². The first-order valence-corrected chi connectivity index (χ1v) is 15.4. The fraction of sp³-hybridized carbons (Fsp3) is 0.351. The van der Waals surface area contributed by atoms with E-state index < -0.39 is 0 Å². The fourth-order valence-corrected chi connectivity index (χ4v) is 6.26. The van der Waals surface area contributed by atoms with Crippen molar-refractivity contribution in [2.45, 2.75) is 57.2 Å². The SMILES string of the molecule is COc1ccc(N2CCc3cc(OCc4ccccc4)ccc3C2Cc2ccc(OCCC3CCCCN3)cc2)cc1. The van der Waals surface area contributed by atoms with Gasteiger partial charge in [0, 0.05) is 18.3 Å². The number of benzene rings is 4. The number of nitrogens with one attached hydrogen (secondary N) is 1. The summed E-state index contributed by atoms with van der Waals surface area (Å²) >= 11 is 0. The molecule has 5 nitrogen and oxygen atoms in total. The van der Waals surface area contributed by atoms with E-state index >= 15 is 0 Å². The van der Waals surface area contributed by atoms with Gasteiger partial charge in [0.05, 0.1) is 19.8 Å². The molecule has 2 heterocycles. The summed E-state index contributed by atoms with van der Waals surface area (Å²) in [5, 5.41) is 3.61. The predicted octanol–water partition coefficient (Wildman–Crippen LogP) is 7.53. The molecule has 1 fully saturated rings. The van der Waals surface area contributed by atoms with Crippen LogP contribution in [0.15, 0.2) is 97.1 Å². The molecule has 1 saturated heterocycles. The zero-order valence-corrected chi connectivity index (χ0v) is 24.6. The van der Waals surface area contributed by atoms with E-state index in [1.165, 1.54) is 47.2 Å². The average Bonchev–Trinajstić information content (AvgIpc) is 3.05. The lowest BCUT2D eigenvalue weighted by Gasteiger charge is -2.39. The van der Waals surface area contributed by atoms with Crippen LogP contribution in [-0.4, -0.2) is 32.8 Å². The molecule has 0 amide bonds. The molecule has 0 spiro atoms. The minimum Gasteiger partial charge on any atom is -0.497 e. The number of rotatable bonds is 11. The second-order valence-electron chi connectivity index (χ2n) is 11.4. The minimum absolute atomic E-state index is 0.217. The highest BCUT2D eigenvalue weighted by Crippen LogP contribution is 2.38. The van der Waals surface area contributed by atoms with Gasteiger partial charge in [0.1, 0.15) is 23.9 Å². The smallest absolute Gasteiger partial charge is 0.120 e. The molecule has 42 heavy (non-hydrogen) atoms. The number of hydrogen-bond donors (Lipinski definition) is 1. The number of methoxy groups -OCH3 is 1. The van der Waals surface area contributed by atoms with E-state index in [-0.39, 0.29) is 6.04 Å². The van der Waals surface area contributed by atoms with Gasteiger partial charge in [0.15, 0.2) is 0 Å².